The maximum Gasteiger partial charge on any atom is 0.229 e. The number of hydrogen-bond donors (Lipinski definition) is 0. The van der Waals surface area contributed by atoms with E-state index >= 15 is 0 Å². The highest BCUT2D eigenvalue weighted by molar-refractivity contribution is 6.01. The first kappa shape index (κ1) is 12.2. The average Bonchev–Trinajstić information content (AvgIpc) is 2.40. The molecule has 0 aliphatic carbocycles. The first-order chi connectivity index (χ1) is 6.90. The number of hydrogen-bond acceptors (Lipinski definition) is 3. The quantitative estimate of drug-likeness (QED) is 0.520. The van der Waals surface area contributed by atoms with Gasteiger partial charge < -0.3 is 4.74 Å². The van der Waals surface area contributed by atoms with E-state index in [1.165, 1.54) is 4.90 Å². The van der Waals surface area contributed by atoms with E-state index in [1.807, 2.05) is 0 Å². The molecule has 1 fully saturated rings. The molecule has 0 N–H and O–H groups in total. The molecule has 0 radical (unpaired) electrons. The number of carbonyl (C=O) groups excluding carboxylic acids is 2. The number of amides is 2. The molecular formula is C11H19NO3. The molecule has 4 heteroatoms. The van der Waals surface area contributed by atoms with Crippen molar-refractivity contribution in [3.05, 3.63) is 0 Å². The van der Waals surface area contributed by atoms with Gasteiger partial charge in [-0.05, 0) is 5.41 Å². The van der Waals surface area contributed by atoms with Crippen molar-refractivity contribution in [3.63, 3.8) is 0 Å². The lowest BCUT2D eigenvalue weighted by atomic mass is 9.99. The fraction of sp³-hybridized carbons (Fsp3) is 0.818. The van der Waals surface area contributed by atoms with E-state index in [4.69, 9.17) is 4.74 Å². The second kappa shape index (κ2) is 4.75. The Morgan fingerprint density at radius 3 is 2.20 bits per heavy atom. The van der Waals surface area contributed by atoms with Crippen molar-refractivity contribution in [2.24, 2.45) is 5.41 Å². The molecule has 1 aliphatic heterocycles. The van der Waals surface area contributed by atoms with E-state index in [0.29, 0.717) is 32.6 Å². The number of ether oxygens (including phenoxy) is 1. The van der Waals surface area contributed by atoms with E-state index in [9.17, 15) is 9.59 Å². The standard InChI is InChI=1S/C11H19NO3/c1-11(2,3)8-15-7-6-12-9(13)4-5-10(12)14/h4-8H2,1-3H3. The van der Waals surface area contributed by atoms with Crippen molar-refractivity contribution in [1.29, 1.82) is 0 Å². The van der Waals surface area contributed by atoms with Crippen LogP contribution in [0.25, 0.3) is 0 Å². The summed E-state index contributed by atoms with van der Waals surface area (Å²) in [6.45, 7) is 7.73. The van der Waals surface area contributed by atoms with Crippen LogP contribution in [0.2, 0.25) is 0 Å². The molecule has 0 bridgehead atoms. The molecule has 0 atom stereocenters. The van der Waals surface area contributed by atoms with Crippen LogP contribution >= 0.6 is 0 Å². The molecule has 1 rings (SSSR count). The topological polar surface area (TPSA) is 46.6 Å². The highest BCUT2D eigenvalue weighted by Crippen LogP contribution is 2.14. The molecule has 0 unspecified atom stereocenters. The first-order valence-electron chi connectivity index (χ1n) is 5.31. The smallest absolute Gasteiger partial charge is 0.229 e. The van der Waals surface area contributed by atoms with Crippen LogP contribution in [0.15, 0.2) is 0 Å². The van der Waals surface area contributed by atoms with Crippen LogP contribution in [0.3, 0.4) is 0 Å². The van der Waals surface area contributed by atoms with Crippen molar-refractivity contribution in [2.45, 2.75) is 33.6 Å². The summed E-state index contributed by atoms with van der Waals surface area (Å²) in [4.78, 5) is 23.7. The van der Waals surface area contributed by atoms with Crippen LogP contribution in [-0.2, 0) is 14.3 Å². The van der Waals surface area contributed by atoms with Crippen molar-refractivity contribution < 1.29 is 14.3 Å². The maximum absolute atomic E-state index is 11.2. The van der Waals surface area contributed by atoms with Gasteiger partial charge in [0.1, 0.15) is 0 Å². The number of likely N-dealkylation sites (tertiary alicyclic amines) is 1. The SMILES string of the molecule is CC(C)(C)COCCN1C(=O)CCC1=O. The third kappa shape index (κ3) is 4.00. The predicted molar refractivity (Wildman–Crippen MR) is 56.2 cm³/mol. The summed E-state index contributed by atoms with van der Waals surface area (Å²) in [6.07, 6.45) is 0.718. The molecule has 1 saturated heterocycles. The van der Waals surface area contributed by atoms with E-state index in [2.05, 4.69) is 20.8 Å². The summed E-state index contributed by atoms with van der Waals surface area (Å²) in [5, 5.41) is 0. The van der Waals surface area contributed by atoms with Gasteiger partial charge in [0.25, 0.3) is 0 Å². The lowest BCUT2D eigenvalue weighted by Gasteiger charge is -2.19. The van der Waals surface area contributed by atoms with Crippen LogP contribution in [0, 0.1) is 5.41 Å². The molecule has 1 aliphatic rings. The molecule has 0 spiro atoms. The molecule has 0 saturated carbocycles. The van der Waals surface area contributed by atoms with Crippen LogP contribution in [0.5, 0.6) is 0 Å². The fourth-order valence-electron chi connectivity index (χ4n) is 1.41. The Bertz CT molecular complexity index is 239. The summed E-state index contributed by atoms with van der Waals surface area (Å²) >= 11 is 0. The van der Waals surface area contributed by atoms with Crippen LogP contribution < -0.4 is 0 Å². The highest BCUT2D eigenvalue weighted by Gasteiger charge is 2.28. The summed E-state index contributed by atoms with van der Waals surface area (Å²) in [5.41, 5.74) is 0.124. The second-order valence-electron chi connectivity index (χ2n) is 5.05. The Morgan fingerprint density at radius 2 is 1.73 bits per heavy atom. The summed E-state index contributed by atoms with van der Waals surface area (Å²) in [6, 6.07) is 0. The normalized spacial score (nSPS) is 17.7. The van der Waals surface area contributed by atoms with Crippen molar-refractivity contribution in [2.75, 3.05) is 19.8 Å². The molecule has 2 amide bonds. The van der Waals surface area contributed by atoms with Gasteiger partial charge >= 0.3 is 0 Å². The van der Waals surface area contributed by atoms with Gasteiger partial charge in [-0.2, -0.15) is 0 Å². The number of nitrogens with zero attached hydrogens (tertiary/aromatic N) is 1. The summed E-state index contributed by atoms with van der Waals surface area (Å²) in [7, 11) is 0. The minimum Gasteiger partial charge on any atom is -0.379 e. The number of imide groups is 1. The van der Waals surface area contributed by atoms with E-state index in [-0.39, 0.29) is 17.2 Å². The van der Waals surface area contributed by atoms with E-state index in [0.717, 1.165) is 0 Å². The molecule has 0 aromatic rings. The summed E-state index contributed by atoms with van der Waals surface area (Å²) in [5.74, 6) is -0.140. The van der Waals surface area contributed by atoms with E-state index in [1.54, 1.807) is 0 Å². The van der Waals surface area contributed by atoms with Gasteiger partial charge in [-0.3, -0.25) is 14.5 Å². The Morgan fingerprint density at radius 1 is 1.20 bits per heavy atom. The van der Waals surface area contributed by atoms with Gasteiger partial charge in [-0.15, -0.1) is 0 Å². The third-order valence-electron chi connectivity index (χ3n) is 2.15. The third-order valence-corrected chi connectivity index (χ3v) is 2.15. The van der Waals surface area contributed by atoms with Gasteiger partial charge in [0.2, 0.25) is 11.8 Å². The van der Waals surface area contributed by atoms with Crippen molar-refractivity contribution in [1.82, 2.24) is 4.90 Å². The summed E-state index contributed by atoms with van der Waals surface area (Å²) < 4.78 is 5.41. The fourth-order valence-corrected chi connectivity index (χ4v) is 1.41. The number of carbonyl (C=O) groups is 2. The van der Waals surface area contributed by atoms with Crippen LogP contribution in [0.4, 0.5) is 0 Å². The first-order valence-corrected chi connectivity index (χ1v) is 5.31. The molecule has 1 heterocycles. The van der Waals surface area contributed by atoms with Crippen molar-refractivity contribution in [3.8, 4) is 0 Å². The highest BCUT2D eigenvalue weighted by atomic mass is 16.5. The average molecular weight is 213 g/mol. The van der Waals surface area contributed by atoms with Gasteiger partial charge in [0.05, 0.1) is 19.8 Å². The Balaban J connectivity index is 2.20. The minimum atomic E-state index is -0.0700. The predicted octanol–water partition coefficient (Wildman–Crippen LogP) is 1.20. The molecule has 15 heavy (non-hydrogen) atoms. The van der Waals surface area contributed by atoms with Gasteiger partial charge in [0, 0.05) is 12.8 Å². The Labute approximate surface area is 90.6 Å². The lowest BCUT2D eigenvalue weighted by molar-refractivity contribution is -0.139. The lowest BCUT2D eigenvalue weighted by Crippen LogP contribution is -2.33. The second-order valence-corrected chi connectivity index (χ2v) is 5.05. The minimum absolute atomic E-state index is 0.0700. The Hall–Kier alpha value is -0.900. The molecule has 4 nitrogen and oxygen atoms in total. The number of rotatable bonds is 4. The molecule has 0 aromatic heterocycles. The zero-order valence-corrected chi connectivity index (χ0v) is 9.71. The van der Waals surface area contributed by atoms with Crippen molar-refractivity contribution >= 4 is 11.8 Å². The molecule has 86 valence electrons. The zero-order chi connectivity index (χ0) is 11.5. The molecular weight excluding hydrogens is 194 g/mol. The maximum atomic E-state index is 11.2. The monoisotopic (exact) mass is 213 g/mol. The van der Waals surface area contributed by atoms with Gasteiger partial charge in [-0.25, -0.2) is 0 Å². The van der Waals surface area contributed by atoms with Gasteiger partial charge in [-0.1, -0.05) is 20.8 Å². The Kier molecular flexibility index (Phi) is 3.85. The van der Waals surface area contributed by atoms with Crippen LogP contribution in [0.1, 0.15) is 33.6 Å². The van der Waals surface area contributed by atoms with E-state index < -0.39 is 0 Å². The largest absolute Gasteiger partial charge is 0.379 e. The zero-order valence-electron chi connectivity index (χ0n) is 9.71. The van der Waals surface area contributed by atoms with Gasteiger partial charge in [0.15, 0.2) is 0 Å². The molecule has 0 aromatic carbocycles. The van der Waals surface area contributed by atoms with Crippen LogP contribution in [-0.4, -0.2) is 36.5 Å².